The maximum absolute atomic E-state index is 9.17. The topological polar surface area (TPSA) is 20.2 Å². The van der Waals surface area contributed by atoms with E-state index in [0.717, 1.165) is 5.56 Å². The van der Waals surface area contributed by atoms with E-state index in [1.165, 1.54) is 10.8 Å². The van der Waals surface area contributed by atoms with Crippen LogP contribution in [0.5, 0.6) is 0 Å². The Morgan fingerprint density at radius 3 is 2.50 bits per heavy atom. The Labute approximate surface area is 84.0 Å². The Bertz CT molecular complexity index is 432. The van der Waals surface area contributed by atoms with Gasteiger partial charge >= 0.3 is 0 Å². The highest BCUT2D eigenvalue weighted by atomic mass is 16.3. The van der Waals surface area contributed by atoms with Crippen molar-refractivity contribution in [1.29, 1.82) is 0 Å². The molecular weight excluding hydrogens is 172 g/mol. The average molecular weight is 185 g/mol. The van der Waals surface area contributed by atoms with E-state index in [9.17, 15) is 0 Å². The quantitative estimate of drug-likeness (QED) is 0.762. The summed E-state index contributed by atoms with van der Waals surface area (Å²) in [6.45, 7) is 3.57. The van der Waals surface area contributed by atoms with E-state index in [2.05, 4.69) is 31.2 Å². The average Bonchev–Trinajstić information content (AvgIpc) is 2.17. The van der Waals surface area contributed by atoms with E-state index in [1.807, 2.05) is 18.2 Å². The first-order valence-electron chi connectivity index (χ1n) is 4.74. The summed E-state index contributed by atoms with van der Waals surface area (Å²) in [5, 5.41) is 11.6. The molecule has 0 aliphatic carbocycles. The number of benzene rings is 2. The maximum atomic E-state index is 9.17. The van der Waals surface area contributed by atoms with E-state index < -0.39 is 6.10 Å². The molecule has 2 rings (SSSR count). The van der Waals surface area contributed by atoms with Crippen molar-refractivity contribution in [2.45, 2.75) is 12.5 Å². The normalized spacial score (nSPS) is 13.0. The van der Waals surface area contributed by atoms with Gasteiger partial charge in [0.2, 0.25) is 0 Å². The van der Waals surface area contributed by atoms with E-state index >= 15 is 0 Å². The smallest absolute Gasteiger partial charge is 0.0581 e. The Balaban J connectivity index is 2.41. The molecule has 71 valence electrons. The van der Waals surface area contributed by atoms with Gasteiger partial charge in [-0.15, -0.1) is 0 Å². The van der Waals surface area contributed by atoms with Crippen LogP contribution in [0.3, 0.4) is 0 Å². The van der Waals surface area contributed by atoms with Gasteiger partial charge < -0.3 is 5.11 Å². The molecule has 1 atom stereocenters. The molecular formula is C13H13O. The van der Waals surface area contributed by atoms with Crippen molar-refractivity contribution in [3.8, 4) is 0 Å². The number of aliphatic hydroxyl groups is 1. The van der Waals surface area contributed by atoms with Crippen molar-refractivity contribution in [2.75, 3.05) is 0 Å². The molecule has 14 heavy (non-hydrogen) atoms. The minimum absolute atomic E-state index is 0.517. The van der Waals surface area contributed by atoms with E-state index in [0.29, 0.717) is 6.42 Å². The van der Waals surface area contributed by atoms with Gasteiger partial charge in [0.05, 0.1) is 6.10 Å². The zero-order chi connectivity index (χ0) is 9.97. The van der Waals surface area contributed by atoms with Crippen LogP contribution in [0.2, 0.25) is 0 Å². The number of hydrogen-bond acceptors (Lipinski definition) is 1. The molecule has 0 saturated carbocycles. The Morgan fingerprint density at radius 1 is 1.07 bits per heavy atom. The molecule has 0 aromatic heterocycles. The molecule has 2 aromatic rings. The van der Waals surface area contributed by atoms with Gasteiger partial charge in [0.25, 0.3) is 0 Å². The van der Waals surface area contributed by atoms with Gasteiger partial charge in [-0.05, 0) is 29.7 Å². The van der Waals surface area contributed by atoms with Crippen molar-refractivity contribution in [1.82, 2.24) is 0 Å². The monoisotopic (exact) mass is 185 g/mol. The lowest BCUT2D eigenvalue weighted by atomic mass is 10.0. The summed E-state index contributed by atoms with van der Waals surface area (Å²) in [6.07, 6.45) is 0.0985. The molecule has 0 spiro atoms. The second-order valence-electron chi connectivity index (χ2n) is 3.54. The fraction of sp³-hybridized carbons (Fsp3) is 0.154. The van der Waals surface area contributed by atoms with Crippen LogP contribution in [-0.4, -0.2) is 11.2 Å². The van der Waals surface area contributed by atoms with Crippen LogP contribution in [0.25, 0.3) is 10.8 Å². The summed E-state index contributed by atoms with van der Waals surface area (Å²) in [5.74, 6) is 0. The summed E-state index contributed by atoms with van der Waals surface area (Å²) >= 11 is 0. The van der Waals surface area contributed by atoms with Gasteiger partial charge in [0.15, 0.2) is 0 Å². The van der Waals surface area contributed by atoms with Gasteiger partial charge in [-0.3, -0.25) is 0 Å². The standard InChI is InChI=1S/C13H13O/c1-10(14)8-11-6-7-12-4-2-3-5-13(12)9-11/h2-7,9-10,14H,1,8H2. The number of aliphatic hydroxyl groups excluding tert-OH is 1. The molecule has 1 radical (unpaired) electrons. The summed E-state index contributed by atoms with van der Waals surface area (Å²) in [7, 11) is 0. The van der Waals surface area contributed by atoms with Gasteiger partial charge in [0.1, 0.15) is 0 Å². The van der Waals surface area contributed by atoms with E-state index in [-0.39, 0.29) is 0 Å². The number of fused-ring (bicyclic) bond motifs is 1. The van der Waals surface area contributed by atoms with Crippen LogP contribution in [0.4, 0.5) is 0 Å². The van der Waals surface area contributed by atoms with Gasteiger partial charge in [-0.1, -0.05) is 42.5 Å². The number of rotatable bonds is 2. The summed E-state index contributed by atoms with van der Waals surface area (Å²) in [6, 6.07) is 14.4. The van der Waals surface area contributed by atoms with Crippen LogP contribution < -0.4 is 0 Å². The Morgan fingerprint density at radius 2 is 1.79 bits per heavy atom. The van der Waals surface area contributed by atoms with E-state index in [1.54, 1.807) is 0 Å². The van der Waals surface area contributed by atoms with Crippen molar-refractivity contribution in [3.63, 3.8) is 0 Å². The van der Waals surface area contributed by atoms with Gasteiger partial charge in [-0.25, -0.2) is 0 Å². The van der Waals surface area contributed by atoms with Crippen LogP contribution >= 0.6 is 0 Å². The molecule has 0 fully saturated rings. The minimum Gasteiger partial charge on any atom is -0.393 e. The molecule has 1 nitrogen and oxygen atoms in total. The van der Waals surface area contributed by atoms with Gasteiger partial charge in [-0.2, -0.15) is 0 Å². The largest absolute Gasteiger partial charge is 0.393 e. The fourth-order valence-electron chi connectivity index (χ4n) is 1.64. The molecule has 1 heteroatoms. The Hall–Kier alpha value is -1.34. The van der Waals surface area contributed by atoms with Crippen molar-refractivity contribution < 1.29 is 5.11 Å². The highest BCUT2D eigenvalue weighted by molar-refractivity contribution is 5.82. The summed E-state index contributed by atoms with van der Waals surface area (Å²) in [4.78, 5) is 0. The molecule has 0 saturated heterocycles. The Kier molecular flexibility index (Phi) is 2.51. The molecule has 1 unspecified atom stereocenters. The highest BCUT2D eigenvalue weighted by Gasteiger charge is 1.99. The first-order chi connectivity index (χ1) is 6.75. The molecule has 2 aromatic carbocycles. The molecule has 1 N–H and O–H groups in total. The third kappa shape index (κ3) is 1.94. The van der Waals surface area contributed by atoms with Crippen molar-refractivity contribution >= 4 is 10.8 Å². The lowest BCUT2D eigenvalue weighted by molar-refractivity contribution is 0.221. The van der Waals surface area contributed by atoms with E-state index in [4.69, 9.17) is 5.11 Å². The van der Waals surface area contributed by atoms with Crippen molar-refractivity contribution in [3.05, 3.63) is 55.0 Å². The molecule has 0 amide bonds. The highest BCUT2D eigenvalue weighted by Crippen LogP contribution is 2.16. The first-order valence-corrected chi connectivity index (χ1v) is 4.74. The maximum Gasteiger partial charge on any atom is 0.0581 e. The molecule has 0 bridgehead atoms. The second-order valence-corrected chi connectivity index (χ2v) is 3.54. The molecule has 0 heterocycles. The SMILES string of the molecule is [CH2]C(O)Cc1ccc2ccccc2c1. The van der Waals surface area contributed by atoms with Crippen molar-refractivity contribution in [2.24, 2.45) is 0 Å². The molecule has 0 aliphatic heterocycles. The lowest BCUT2D eigenvalue weighted by Crippen LogP contribution is -2.04. The first kappa shape index (κ1) is 9.22. The predicted octanol–water partition coefficient (Wildman–Crippen LogP) is 2.58. The summed E-state index contributed by atoms with van der Waals surface area (Å²) < 4.78 is 0. The van der Waals surface area contributed by atoms with Crippen LogP contribution in [0, 0.1) is 6.92 Å². The van der Waals surface area contributed by atoms with Crippen LogP contribution in [-0.2, 0) is 6.42 Å². The lowest BCUT2D eigenvalue weighted by Gasteiger charge is -2.05. The number of hydrogen-bond donors (Lipinski definition) is 1. The van der Waals surface area contributed by atoms with Crippen LogP contribution in [0.1, 0.15) is 5.56 Å². The second kappa shape index (κ2) is 3.81. The predicted molar refractivity (Wildman–Crippen MR) is 59.0 cm³/mol. The minimum atomic E-state index is -0.517. The summed E-state index contributed by atoms with van der Waals surface area (Å²) in [5.41, 5.74) is 1.13. The molecule has 0 aliphatic rings. The zero-order valence-corrected chi connectivity index (χ0v) is 7.98. The van der Waals surface area contributed by atoms with Gasteiger partial charge in [0, 0.05) is 0 Å². The van der Waals surface area contributed by atoms with Crippen LogP contribution in [0.15, 0.2) is 42.5 Å². The zero-order valence-electron chi connectivity index (χ0n) is 7.98. The third-order valence-corrected chi connectivity index (χ3v) is 2.29. The fourth-order valence-corrected chi connectivity index (χ4v) is 1.64. The third-order valence-electron chi connectivity index (χ3n) is 2.29.